The van der Waals surface area contributed by atoms with Crippen LogP contribution in [0.15, 0.2) is 20.6 Å². The molecule has 74 valence electrons. The Hall–Kier alpha value is -0.100. The fourth-order valence-corrected chi connectivity index (χ4v) is 2.92. The van der Waals surface area contributed by atoms with Crippen LogP contribution in [0.1, 0.15) is 5.56 Å². The van der Waals surface area contributed by atoms with Crippen molar-refractivity contribution in [2.45, 2.75) is 6.54 Å². The zero-order valence-corrected chi connectivity index (χ0v) is 10.9. The van der Waals surface area contributed by atoms with Gasteiger partial charge in [0.05, 0.1) is 3.79 Å². The van der Waals surface area contributed by atoms with E-state index >= 15 is 0 Å². The average molecular weight is 310 g/mol. The molecule has 2 heterocycles. The third kappa shape index (κ3) is 2.48. The molecule has 0 saturated heterocycles. The van der Waals surface area contributed by atoms with E-state index in [1.165, 1.54) is 16.9 Å². The molecule has 0 unspecified atom stereocenters. The van der Waals surface area contributed by atoms with E-state index in [-0.39, 0.29) is 0 Å². The number of halogens is 2. The zero-order valence-electron chi connectivity index (χ0n) is 6.96. The zero-order chi connectivity index (χ0) is 9.97. The fraction of sp³-hybridized carbons (Fsp3) is 0.125. The number of thiophene rings is 1. The van der Waals surface area contributed by atoms with Gasteiger partial charge in [0.15, 0.2) is 4.47 Å². The van der Waals surface area contributed by atoms with Crippen LogP contribution in [0.5, 0.6) is 0 Å². The Kier molecular flexibility index (Phi) is 3.43. The minimum atomic E-state index is 0.567. The summed E-state index contributed by atoms with van der Waals surface area (Å²) in [4.78, 5) is 4.10. The van der Waals surface area contributed by atoms with Gasteiger partial charge in [0, 0.05) is 11.9 Å². The molecule has 2 aromatic heterocycles. The molecular weight excluding hydrogens is 304 g/mol. The molecule has 2 aromatic rings. The summed E-state index contributed by atoms with van der Waals surface area (Å²) in [5, 5.41) is 7.16. The normalized spacial score (nSPS) is 10.4. The van der Waals surface area contributed by atoms with Gasteiger partial charge in [-0.15, -0.1) is 22.7 Å². The van der Waals surface area contributed by atoms with Gasteiger partial charge in [-0.25, -0.2) is 4.98 Å². The van der Waals surface area contributed by atoms with Crippen LogP contribution in [0, 0.1) is 0 Å². The third-order valence-corrected chi connectivity index (χ3v) is 4.42. The van der Waals surface area contributed by atoms with Crippen LogP contribution < -0.4 is 5.32 Å². The standard InChI is InChI=1S/C8H6BrClN2S2/c9-7-5(1-2-13-7)3-11-6-4-14-8(10)12-6/h1-2,4,11H,3H2. The van der Waals surface area contributed by atoms with E-state index in [4.69, 9.17) is 11.6 Å². The monoisotopic (exact) mass is 308 g/mol. The van der Waals surface area contributed by atoms with Crippen LogP contribution in [0.2, 0.25) is 4.47 Å². The van der Waals surface area contributed by atoms with Crippen molar-refractivity contribution >= 4 is 56.0 Å². The van der Waals surface area contributed by atoms with E-state index < -0.39 is 0 Å². The molecule has 6 heteroatoms. The summed E-state index contributed by atoms with van der Waals surface area (Å²) in [6, 6.07) is 2.08. The summed E-state index contributed by atoms with van der Waals surface area (Å²) in [5.41, 5.74) is 1.24. The quantitative estimate of drug-likeness (QED) is 0.917. The van der Waals surface area contributed by atoms with Crippen molar-refractivity contribution in [3.63, 3.8) is 0 Å². The number of nitrogens with zero attached hydrogens (tertiary/aromatic N) is 1. The number of aromatic nitrogens is 1. The van der Waals surface area contributed by atoms with Crippen molar-refractivity contribution in [1.29, 1.82) is 0 Å². The molecule has 0 fully saturated rings. The van der Waals surface area contributed by atoms with Crippen molar-refractivity contribution in [2.24, 2.45) is 0 Å². The Labute approximate surface area is 103 Å². The Bertz CT molecular complexity index is 426. The smallest absolute Gasteiger partial charge is 0.185 e. The first-order valence-corrected chi connectivity index (χ1v) is 6.75. The maximum Gasteiger partial charge on any atom is 0.185 e. The molecule has 0 amide bonds. The van der Waals surface area contributed by atoms with Crippen molar-refractivity contribution in [2.75, 3.05) is 5.32 Å². The van der Waals surface area contributed by atoms with Crippen molar-refractivity contribution in [3.8, 4) is 0 Å². The van der Waals surface area contributed by atoms with Gasteiger partial charge in [0.2, 0.25) is 0 Å². The topological polar surface area (TPSA) is 24.9 Å². The molecule has 2 rings (SSSR count). The van der Waals surface area contributed by atoms with Gasteiger partial charge in [-0.2, -0.15) is 0 Å². The lowest BCUT2D eigenvalue weighted by atomic mass is 10.3. The Morgan fingerprint density at radius 2 is 2.36 bits per heavy atom. The minimum absolute atomic E-state index is 0.567. The van der Waals surface area contributed by atoms with Gasteiger partial charge in [0.1, 0.15) is 5.82 Å². The SMILES string of the molecule is Clc1nc(NCc2ccsc2Br)cs1. The Morgan fingerprint density at radius 3 is 2.93 bits per heavy atom. The van der Waals surface area contributed by atoms with Crippen LogP contribution in [0.3, 0.4) is 0 Å². The number of rotatable bonds is 3. The van der Waals surface area contributed by atoms with Crippen LogP contribution in [0.4, 0.5) is 5.82 Å². The van der Waals surface area contributed by atoms with E-state index in [0.717, 1.165) is 16.1 Å². The van der Waals surface area contributed by atoms with Crippen LogP contribution in [0.25, 0.3) is 0 Å². The summed E-state index contributed by atoms with van der Waals surface area (Å²) in [5.74, 6) is 0.832. The molecule has 2 nitrogen and oxygen atoms in total. The second-order valence-corrected chi connectivity index (χ2v) is 6.23. The molecule has 0 bridgehead atoms. The minimum Gasteiger partial charge on any atom is -0.365 e. The van der Waals surface area contributed by atoms with Gasteiger partial charge < -0.3 is 5.32 Å². The largest absolute Gasteiger partial charge is 0.365 e. The summed E-state index contributed by atoms with van der Waals surface area (Å²) in [6.45, 7) is 0.768. The molecule has 1 N–H and O–H groups in total. The highest BCUT2D eigenvalue weighted by molar-refractivity contribution is 9.11. The highest BCUT2D eigenvalue weighted by Crippen LogP contribution is 2.25. The summed E-state index contributed by atoms with van der Waals surface area (Å²) < 4.78 is 1.73. The maximum absolute atomic E-state index is 5.71. The molecule has 0 aromatic carbocycles. The summed E-state index contributed by atoms with van der Waals surface area (Å²) >= 11 is 12.3. The van der Waals surface area contributed by atoms with Gasteiger partial charge >= 0.3 is 0 Å². The van der Waals surface area contributed by atoms with Crippen molar-refractivity contribution in [3.05, 3.63) is 30.6 Å². The molecule has 0 aliphatic heterocycles. The van der Waals surface area contributed by atoms with E-state index in [9.17, 15) is 0 Å². The number of hydrogen-bond acceptors (Lipinski definition) is 4. The summed E-state index contributed by atoms with van der Waals surface area (Å²) in [7, 11) is 0. The fourth-order valence-electron chi connectivity index (χ4n) is 0.964. The first-order valence-electron chi connectivity index (χ1n) is 3.82. The first-order chi connectivity index (χ1) is 6.75. The number of nitrogens with one attached hydrogen (secondary N) is 1. The molecule has 0 radical (unpaired) electrons. The predicted octanol–water partition coefficient (Wildman–Crippen LogP) is 4.23. The van der Waals surface area contributed by atoms with Crippen LogP contribution >= 0.6 is 50.2 Å². The van der Waals surface area contributed by atoms with E-state index in [2.05, 4.69) is 37.7 Å². The second kappa shape index (κ2) is 4.61. The molecule has 0 atom stereocenters. The average Bonchev–Trinajstić information content (AvgIpc) is 2.72. The van der Waals surface area contributed by atoms with Gasteiger partial charge in [-0.05, 0) is 32.9 Å². The molecule has 0 aliphatic rings. The van der Waals surface area contributed by atoms with Crippen LogP contribution in [-0.2, 0) is 6.54 Å². The third-order valence-electron chi connectivity index (χ3n) is 1.63. The highest BCUT2D eigenvalue weighted by Gasteiger charge is 2.02. The van der Waals surface area contributed by atoms with Gasteiger partial charge in [0.25, 0.3) is 0 Å². The summed E-state index contributed by atoms with van der Waals surface area (Å²) in [6.07, 6.45) is 0. The lowest BCUT2D eigenvalue weighted by Crippen LogP contribution is -1.98. The van der Waals surface area contributed by atoms with E-state index in [1.807, 2.05) is 5.38 Å². The molecule has 0 spiro atoms. The number of anilines is 1. The predicted molar refractivity (Wildman–Crippen MR) is 66.5 cm³/mol. The van der Waals surface area contributed by atoms with Gasteiger partial charge in [-0.1, -0.05) is 11.6 Å². The molecular formula is C8H6BrClN2S2. The van der Waals surface area contributed by atoms with E-state index in [0.29, 0.717) is 4.47 Å². The van der Waals surface area contributed by atoms with Crippen molar-refractivity contribution in [1.82, 2.24) is 4.98 Å². The highest BCUT2D eigenvalue weighted by atomic mass is 79.9. The lowest BCUT2D eigenvalue weighted by Gasteiger charge is -2.00. The number of thiazole rings is 1. The molecule has 0 aliphatic carbocycles. The Morgan fingerprint density at radius 1 is 1.50 bits per heavy atom. The van der Waals surface area contributed by atoms with Crippen molar-refractivity contribution < 1.29 is 0 Å². The molecule has 0 saturated carbocycles. The van der Waals surface area contributed by atoms with Crippen LogP contribution in [-0.4, -0.2) is 4.98 Å². The lowest BCUT2D eigenvalue weighted by molar-refractivity contribution is 1.13. The first kappa shape index (κ1) is 10.4. The molecule has 14 heavy (non-hydrogen) atoms. The maximum atomic E-state index is 5.71. The number of hydrogen-bond donors (Lipinski definition) is 1. The van der Waals surface area contributed by atoms with Gasteiger partial charge in [-0.3, -0.25) is 0 Å². The Balaban J connectivity index is 1.98. The van der Waals surface area contributed by atoms with E-state index in [1.54, 1.807) is 11.3 Å². The second-order valence-electron chi connectivity index (χ2n) is 2.56.